The van der Waals surface area contributed by atoms with Crippen LogP contribution in [0.15, 0.2) is 4.99 Å². The Morgan fingerprint density at radius 3 is 2.41 bits per heavy atom. The summed E-state index contributed by atoms with van der Waals surface area (Å²) in [5.74, 6) is 2.13. The van der Waals surface area contributed by atoms with Crippen molar-refractivity contribution in [3.05, 3.63) is 0 Å². The average Bonchev–Trinajstić information content (AvgIpc) is 3.21. The van der Waals surface area contributed by atoms with E-state index in [4.69, 9.17) is 11.5 Å². The van der Waals surface area contributed by atoms with Crippen LogP contribution in [-0.4, -0.2) is 58.6 Å². The zero-order valence-electron chi connectivity index (χ0n) is 23.2. The molecule has 8 heteroatoms. The Morgan fingerprint density at radius 2 is 1.68 bits per heavy atom. The van der Waals surface area contributed by atoms with Gasteiger partial charge in [-0.3, -0.25) is 9.79 Å². The highest BCUT2D eigenvalue weighted by Crippen LogP contribution is 2.68. The number of aliphatic hydroxyl groups excluding tert-OH is 3. The SMILES string of the molecule is C[C@@H](CCC(=O)NCCCCN=C(N)N)[C@@H]1CC[C@@H]2[C@H]3[C@@H](O)[C@H](O)[C@H]4C[C@@H](O)CC[C@@]4(C)[C@@H]3CC[C@]21C. The Kier molecular flexibility index (Phi) is 8.81. The van der Waals surface area contributed by atoms with Crippen molar-refractivity contribution < 1.29 is 20.1 Å². The lowest BCUT2D eigenvalue weighted by Gasteiger charge is -2.63. The van der Waals surface area contributed by atoms with Crippen LogP contribution in [0.2, 0.25) is 0 Å². The fourth-order valence-electron chi connectivity index (χ4n) is 9.54. The van der Waals surface area contributed by atoms with Gasteiger partial charge >= 0.3 is 0 Å². The first kappa shape index (κ1) is 28.6. The molecule has 4 fully saturated rings. The number of rotatable bonds is 9. The van der Waals surface area contributed by atoms with Gasteiger partial charge in [-0.2, -0.15) is 0 Å². The van der Waals surface area contributed by atoms with E-state index >= 15 is 0 Å². The smallest absolute Gasteiger partial charge is 0.220 e. The van der Waals surface area contributed by atoms with Crippen molar-refractivity contribution in [1.29, 1.82) is 0 Å². The lowest BCUT2D eigenvalue weighted by molar-refractivity contribution is -0.223. The van der Waals surface area contributed by atoms with E-state index in [1.807, 2.05) is 0 Å². The second kappa shape index (κ2) is 11.4. The Balaban J connectivity index is 1.33. The maximum Gasteiger partial charge on any atom is 0.220 e. The Morgan fingerprint density at radius 1 is 0.973 bits per heavy atom. The van der Waals surface area contributed by atoms with Crippen LogP contribution in [-0.2, 0) is 4.79 Å². The molecule has 0 aromatic rings. The van der Waals surface area contributed by atoms with Gasteiger partial charge in [0.05, 0.1) is 18.3 Å². The van der Waals surface area contributed by atoms with E-state index in [9.17, 15) is 20.1 Å². The van der Waals surface area contributed by atoms with Crippen molar-refractivity contribution in [2.45, 2.75) is 110 Å². The van der Waals surface area contributed by atoms with Gasteiger partial charge in [0.25, 0.3) is 0 Å². The average molecular weight is 521 g/mol. The summed E-state index contributed by atoms with van der Waals surface area (Å²) < 4.78 is 0. The third-order valence-corrected chi connectivity index (χ3v) is 11.5. The summed E-state index contributed by atoms with van der Waals surface area (Å²) in [6.07, 6.45) is 8.16. The van der Waals surface area contributed by atoms with Crippen LogP contribution in [0.4, 0.5) is 0 Å². The molecule has 0 saturated heterocycles. The van der Waals surface area contributed by atoms with E-state index in [-0.39, 0.29) is 40.6 Å². The van der Waals surface area contributed by atoms with Crippen LogP contribution in [0.5, 0.6) is 0 Å². The highest BCUT2D eigenvalue weighted by atomic mass is 16.3. The zero-order valence-corrected chi connectivity index (χ0v) is 23.2. The molecule has 0 radical (unpaired) electrons. The first-order valence-corrected chi connectivity index (χ1v) is 14.8. The molecule has 4 saturated carbocycles. The van der Waals surface area contributed by atoms with Crippen molar-refractivity contribution in [3.63, 3.8) is 0 Å². The highest BCUT2D eigenvalue weighted by Gasteiger charge is 2.65. The number of amides is 1. The van der Waals surface area contributed by atoms with Crippen LogP contribution >= 0.6 is 0 Å². The van der Waals surface area contributed by atoms with Crippen molar-refractivity contribution in [3.8, 4) is 0 Å². The summed E-state index contributed by atoms with van der Waals surface area (Å²) in [6.45, 7) is 8.30. The summed E-state index contributed by atoms with van der Waals surface area (Å²) in [6, 6.07) is 0. The van der Waals surface area contributed by atoms with Crippen molar-refractivity contribution in [1.82, 2.24) is 5.32 Å². The minimum Gasteiger partial charge on any atom is -0.393 e. The van der Waals surface area contributed by atoms with Crippen molar-refractivity contribution >= 4 is 11.9 Å². The molecule has 4 aliphatic carbocycles. The monoisotopic (exact) mass is 520 g/mol. The van der Waals surface area contributed by atoms with Crippen LogP contribution in [0, 0.1) is 46.3 Å². The number of aliphatic hydroxyl groups is 3. The minimum absolute atomic E-state index is 0.00502. The number of hydrogen-bond acceptors (Lipinski definition) is 5. The van der Waals surface area contributed by atoms with E-state index < -0.39 is 12.2 Å². The second-order valence-electron chi connectivity index (χ2n) is 13.4. The minimum atomic E-state index is -0.747. The molecule has 0 bridgehead atoms. The number of guanidine groups is 1. The topological polar surface area (TPSA) is 154 Å². The predicted molar refractivity (Wildman–Crippen MR) is 145 cm³/mol. The fraction of sp³-hybridized carbons (Fsp3) is 0.931. The van der Waals surface area contributed by atoms with Gasteiger partial charge < -0.3 is 32.1 Å². The molecule has 0 aliphatic heterocycles. The largest absolute Gasteiger partial charge is 0.393 e. The molecular weight excluding hydrogens is 468 g/mol. The Hall–Kier alpha value is -1.38. The van der Waals surface area contributed by atoms with Gasteiger partial charge in [-0.1, -0.05) is 20.8 Å². The molecule has 1 amide bonds. The van der Waals surface area contributed by atoms with E-state index in [1.54, 1.807) is 0 Å². The molecule has 0 unspecified atom stereocenters. The predicted octanol–water partition coefficient (Wildman–Crippen LogP) is 2.53. The number of carbonyl (C=O) groups excluding carboxylic acids is 1. The first-order chi connectivity index (χ1) is 17.5. The summed E-state index contributed by atoms with van der Waals surface area (Å²) in [5, 5.41) is 36.0. The number of nitrogens with zero attached hydrogens (tertiary/aromatic N) is 1. The quantitative estimate of drug-likeness (QED) is 0.156. The van der Waals surface area contributed by atoms with E-state index in [1.165, 1.54) is 0 Å². The maximum atomic E-state index is 12.5. The van der Waals surface area contributed by atoms with Gasteiger partial charge in [-0.15, -0.1) is 0 Å². The Bertz CT molecular complexity index is 835. The molecule has 4 rings (SSSR count). The molecule has 0 spiro atoms. The lowest BCUT2D eigenvalue weighted by atomic mass is 9.43. The number of fused-ring (bicyclic) bond motifs is 5. The number of unbranched alkanes of at least 4 members (excludes halogenated alkanes) is 1. The maximum absolute atomic E-state index is 12.5. The summed E-state index contributed by atoms with van der Waals surface area (Å²) in [5.41, 5.74) is 10.8. The van der Waals surface area contributed by atoms with Crippen molar-refractivity contribution in [2.75, 3.05) is 13.1 Å². The summed E-state index contributed by atoms with van der Waals surface area (Å²) >= 11 is 0. The molecule has 0 aromatic carbocycles. The van der Waals surface area contributed by atoms with Gasteiger partial charge in [0.2, 0.25) is 5.91 Å². The van der Waals surface area contributed by atoms with E-state index in [0.717, 1.165) is 57.8 Å². The molecule has 4 aliphatic rings. The highest BCUT2D eigenvalue weighted by molar-refractivity contribution is 5.76. The molecule has 8 nitrogen and oxygen atoms in total. The Labute approximate surface area is 223 Å². The standard InChI is InChI=1S/C29H52N4O4/c1-17(6-9-23(35)32-14-4-5-15-33-27(30)31)19-7-8-20-24-21(11-13-28(19,20)2)29(3)12-10-18(34)16-22(29)25(36)26(24)37/h17-22,24-26,34,36-37H,4-16H2,1-3H3,(H,32,35)(H4,30,31,33)/t17-,18-,19-,20+,21+,22+,24+,25+,26+,28-,29-/m0/s1. The molecule has 0 aromatic heterocycles. The summed E-state index contributed by atoms with van der Waals surface area (Å²) in [7, 11) is 0. The second-order valence-corrected chi connectivity index (χ2v) is 13.4. The van der Waals surface area contributed by atoms with Crippen LogP contribution in [0.1, 0.15) is 91.4 Å². The number of nitrogens with two attached hydrogens (primary N) is 2. The molecule has 11 atom stereocenters. The number of carbonyl (C=O) groups is 1. The molecular formula is C29H52N4O4. The number of hydrogen-bond donors (Lipinski definition) is 6. The molecule has 8 N–H and O–H groups in total. The fourth-order valence-corrected chi connectivity index (χ4v) is 9.54. The number of aliphatic imine (C=N–C) groups is 1. The summed E-state index contributed by atoms with van der Waals surface area (Å²) in [4.78, 5) is 16.4. The van der Waals surface area contributed by atoms with Gasteiger partial charge in [0, 0.05) is 19.5 Å². The van der Waals surface area contributed by atoms with Crippen LogP contribution in [0.3, 0.4) is 0 Å². The van der Waals surface area contributed by atoms with Crippen LogP contribution in [0.25, 0.3) is 0 Å². The number of nitrogens with one attached hydrogen (secondary N) is 1. The van der Waals surface area contributed by atoms with E-state index in [0.29, 0.717) is 49.6 Å². The molecule has 212 valence electrons. The van der Waals surface area contributed by atoms with Gasteiger partial charge in [-0.05, 0) is 111 Å². The lowest BCUT2D eigenvalue weighted by Crippen LogP contribution is -2.64. The van der Waals surface area contributed by atoms with E-state index in [2.05, 4.69) is 31.1 Å². The third kappa shape index (κ3) is 5.53. The van der Waals surface area contributed by atoms with Crippen LogP contribution < -0.4 is 16.8 Å². The van der Waals surface area contributed by atoms with Gasteiger partial charge in [0.15, 0.2) is 5.96 Å². The first-order valence-electron chi connectivity index (χ1n) is 14.8. The normalized spacial score (nSPS) is 43.7. The molecule has 37 heavy (non-hydrogen) atoms. The molecule has 0 heterocycles. The van der Waals surface area contributed by atoms with Crippen molar-refractivity contribution in [2.24, 2.45) is 62.8 Å². The third-order valence-electron chi connectivity index (χ3n) is 11.5. The zero-order chi connectivity index (χ0) is 27.0. The van der Waals surface area contributed by atoms with Gasteiger partial charge in [0.1, 0.15) is 0 Å². The van der Waals surface area contributed by atoms with Gasteiger partial charge in [-0.25, -0.2) is 0 Å².